The van der Waals surface area contributed by atoms with Gasteiger partial charge >= 0.3 is 0 Å². The monoisotopic (exact) mass is 359 g/mol. The van der Waals surface area contributed by atoms with Crippen molar-refractivity contribution >= 4 is 23.2 Å². The minimum absolute atomic E-state index is 0.0629. The Hall–Kier alpha value is -2.79. The molecule has 1 heterocycles. The second-order valence-corrected chi connectivity index (χ2v) is 5.81. The summed E-state index contributed by atoms with van der Waals surface area (Å²) in [5, 5.41) is 3.25. The molecule has 0 fully saturated rings. The molecular formula is C19H15ClFNO3. The number of hydrogen-bond acceptors (Lipinski definition) is 3. The number of hydrogen-bond donors (Lipinski definition) is 1. The molecule has 1 aromatic heterocycles. The molecule has 4 nitrogen and oxygen atoms in total. The van der Waals surface area contributed by atoms with E-state index in [0.717, 1.165) is 5.56 Å². The third kappa shape index (κ3) is 3.51. The molecule has 3 rings (SSSR count). The molecular weight excluding hydrogens is 345 g/mol. The average Bonchev–Trinajstić information content (AvgIpc) is 3.08. The number of amides is 1. The van der Waals surface area contributed by atoms with Gasteiger partial charge in [0.05, 0.1) is 18.4 Å². The molecule has 0 aliphatic rings. The number of carbonyl (C=O) groups excluding carboxylic acids is 1. The number of rotatable bonds is 4. The number of benzene rings is 2. The maximum Gasteiger partial charge on any atom is 0.291 e. The summed E-state index contributed by atoms with van der Waals surface area (Å²) in [4.78, 5) is 12.4. The van der Waals surface area contributed by atoms with E-state index in [2.05, 4.69) is 5.32 Å². The molecule has 1 amide bonds. The topological polar surface area (TPSA) is 51.5 Å². The number of halogens is 2. The van der Waals surface area contributed by atoms with Crippen LogP contribution in [0.15, 0.2) is 52.9 Å². The van der Waals surface area contributed by atoms with E-state index >= 15 is 0 Å². The third-order valence-electron chi connectivity index (χ3n) is 3.70. The van der Waals surface area contributed by atoms with Crippen LogP contribution in [0.3, 0.4) is 0 Å². The average molecular weight is 360 g/mol. The highest BCUT2D eigenvalue weighted by molar-refractivity contribution is 6.31. The molecule has 0 saturated carbocycles. The van der Waals surface area contributed by atoms with Crippen molar-refractivity contribution in [1.29, 1.82) is 0 Å². The molecule has 2 aromatic carbocycles. The highest BCUT2D eigenvalue weighted by Gasteiger charge is 2.16. The van der Waals surface area contributed by atoms with Gasteiger partial charge in [0.25, 0.3) is 5.91 Å². The Bertz CT molecular complexity index is 936. The zero-order chi connectivity index (χ0) is 18.0. The molecule has 0 radical (unpaired) electrons. The summed E-state index contributed by atoms with van der Waals surface area (Å²) in [6.07, 6.45) is 0. The zero-order valence-electron chi connectivity index (χ0n) is 13.6. The van der Waals surface area contributed by atoms with E-state index in [4.69, 9.17) is 20.8 Å². The Morgan fingerprint density at radius 1 is 1.20 bits per heavy atom. The Balaban J connectivity index is 1.86. The number of furan rings is 1. The second-order valence-electron chi connectivity index (χ2n) is 5.40. The van der Waals surface area contributed by atoms with Crippen LogP contribution in [-0.4, -0.2) is 13.0 Å². The van der Waals surface area contributed by atoms with Crippen LogP contribution in [0.1, 0.15) is 16.1 Å². The maximum atomic E-state index is 13.8. The number of anilines is 1. The fourth-order valence-electron chi connectivity index (χ4n) is 2.38. The molecule has 0 aliphatic heterocycles. The number of nitrogens with one attached hydrogen (secondary N) is 1. The normalized spacial score (nSPS) is 10.6. The summed E-state index contributed by atoms with van der Waals surface area (Å²) in [6.45, 7) is 1.82. The molecule has 0 spiro atoms. The Morgan fingerprint density at radius 3 is 2.68 bits per heavy atom. The quantitative estimate of drug-likeness (QED) is 0.687. The molecule has 1 N–H and O–H groups in total. The van der Waals surface area contributed by atoms with Gasteiger partial charge in [0.1, 0.15) is 17.3 Å². The van der Waals surface area contributed by atoms with Crippen LogP contribution < -0.4 is 10.1 Å². The summed E-state index contributed by atoms with van der Waals surface area (Å²) in [7, 11) is 1.49. The van der Waals surface area contributed by atoms with E-state index in [1.807, 2.05) is 6.92 Å². The molecule has 0 unspecified atom stereocenters. The van der Waals surface area contributed by atoms with Gasteiger partial charge in [-0.25, -0.2) is 4.39 Å². The van der Waals surface area contributed by atoms with Gasteiger partial charge in [0.2, 0.25) is 0 Å². The van der Waals surface area contributed by atoms with Gasteiger partial charge in [-0.05, 0) is 42.8 Å². The lowest BCUT2D eigenvalue weighted by Crippen LogP contribution is -2.12. The summed E-state index contributed by atoms with van der Waals surface area (Å²) < 4.78 is 24.5. The first-order valence-electron chi connectivity index (χ1n) is 7.50. The van der Waals surface area contributed by atoms with Crippen LogP contribution >= 0.6 is 11.6 Å². The summed E-state index contributed by atoms with van der Waals surface area (Å²) in [5.41, 5.74) is 1.56. The van der Waals surface area contributed by atoms with Gasteiger partial charge in [0, 0.05) is 11.1 Å². The third-order valence-corrected chi connectivity index (χ3v) is 4.11. The number of methoxy groups -OCH3 is 1. The molecule has 0 atom stereocenters. The predicted octanol–water partition coefficient (Wildman–Crippen LogP) is 5.31. The lowest BCUT2D eigenvalue weighted by Gasteiger charge is -2.11. The fraction of sp³-hybridized carbons (Fsp3) is 0.105. The van der Waals surface area contributed by atoms with Crippen LogP contribution in [0, 0.1) is 12.7 Å². The molecule has 0 aliphatic carbocycles. The molecule has 25 heavy (non-hydrogen) atoms. The van der Waals surface area contributed by atoms with Gasteiger partial charge in [-0.3, -0.25) is 4.79 Å². The van der Waals surface area contributed by atoms with Crippen LogP contribution in [-0.2, 0) is 0 Å². The molecule has 6 heteroatoms. The van der Waals surface area contributed by atoms with E-state index in [0.29, 0.717) is 22.0 Å². The van der Waals surface area contributed by atoms with Gasteiger partial charge in [-0.1, -0.05) is 23.7 Å². The fourth-order valence-corrected chi connectivity index (χ4v) is 2.53. The molecule has 128 valence electrons. The van der Waals surface area contributed by atoms with E-state index in [9.17, 15) is 9.18 Å². The van der Waals surface area contributed by atoms with Crippen LogP contribution in [0.4, 0.5) is 10.1 Å². The highest BCUT2D eigenvalue weighted by atomic mass is 35.5. The predicted molar refractivity (Wildman–Crippen MR) is 94.8 cm³/mol. The minimum atomic E-state index is -0.470. The van der Waals surface area contributed by atoms with Crippen molar-refractivity contribution in [3.8, 4) is 17.1 Å². The van der Waals surface area contributed by atoms with Crippen LogP contribution in [0.2, 0.25) is 5.02 Å². The van der Waals surface area contributed by atoms with E-state index in [1.54, 1.807) is 36.4 Å². The lowest BCUT2D eigenvalue weighted by atomic mass is 10.1. The molecule has 3 aromatic rings. The smallest absolute Gasteiger partial charge is 0.291 e. The van der Waals surface area contributed by atoms with E-state index in [1.165, 1.54) is 19.2 Å². The SMILES string of the molecule is COc1cc(Cl)c(C)cc1NC(=O)c1ccc(-c2ccccc2F)o1. The number of aryl methyl sites for hydroxylation is 1. The van der Waals surface area contributed by atoms with Gasteiger partial charge in [-0.15, -0.1) is 0 Å². The van der Waals surface area contributed by atoms with Gasteiger partial charge < -0.3 is 14.5 Å². The Labute approximate surface area is 149 Å². The highest BCUT2D eigenvalue weighted by Crippen LogP contribution is 2.32. The van der Waals surface area contributed by atoms with Crippen molar-refractivity contribution in [1.82, 2.24) is 0 Å². The Kier molecular flexibility index (Phi) is 4.76. The van der Waals surface area contributed by atoms with Crippen molar-refractivity contribution in [3.05, 3.63) is 70.7 Å². The minimum Gasteiger partial charge on any atom is -0.495 e. The van der Waals surface area contributed by atoms with Crippen molar-refractivity contribution in [3.63, 3.8) is 0 Å². The van der Waals surface area contributed by atoms with Gasteiger partial charge in [0.15, 0.2) is 5.76 Å². The first-order chi connectivity index (χ1) is 12.0. The summed E-state index contributed by atoms with van der Waals surface area (Å²) >= 11 is 6.06. The summed E-state index contributed by atoms with van der Waals surface area (Å²) in [5.74, 6) is -0.110. The van der Waals surface area contributed by atoms with Crippen LogP contribution in [0.5, 0.6) is 5.75 Å². The standard InChI is InChI=1S/C19H15ClFNO3/c1-11-9-15(18(24-2)10-13(11)20)22-19(23)17-8-7-16(25-17)12-5-3-4-6-14(12)21/h3-10H,1-2H3,(H,22,23). The van der Waals surface area contributed by atoms with Gasteiger partial charge in [-0.2, -0.15) is 0 Å². The molecule has 0 bridgehead atoms. The second kappa shape index (κ2) is 6.99. The number of ether oxygens (including phenoxy) is 1. The number of carbonyl (C=O) groups is 1. The van der Waals surface area contributed by atoms with Crippen molar-refractivity contribution < 1.29 is 18.3 Å². The summed E-state index contributed by atoms with van der Waals surface area (Å²) in [6, 6.07) is 12.6. The first-order valence-corrected chi connectivity index (χ1v) is 7.87. The van der Waals surface area contributed by atoms with Crippen molar-refractivity contribution in [2.24, 2.45) is 0 Å². The largest absolute Gasteiger partial charge is 0.495 e. The lowest BCUT2D eigenvalue weighted by molar-refractivity contribution is 0.0997. The zero-order valence-corrected chi connectivity index (χ0v) is 14.4. The van der Waals surface area contributed by atoms with Crippen LogP contribution in [0.25, 0.3) is 11.3 Å². The Morgan fingerprint density at radius 2 is 1.96 bits per heavy atom. The van der Waals surface area contributed by atoms with Crippen molar-refractivity contribution in [2.75, 3.05) is 12.4 Å². The maximum absolute atomic E-state index is 13.8. The molecule has 0 saturated heterocycles. The first kappa shape index (κ1) is 17.0. The van der Waals surface area contributed by atoms with Crippen molar-refractivity contribution in [2.45, 2.75) is 6.92 Å². The van der Waals surface area contributed by atoms with E-state index in [-0.39, 0.29) is 11.5 Å². The van der Waals surface area contributed by atoms with E-state index < -0.39 is 11.7 Å².